The molecule has 0 amide bonds. The first-order chi connectivity index (χ1) is 7.70. The Kier molecular flexibility index (Phi) is 3.36. The minimum Gasteiger partial charge on any atom is -0.464 e. The summed E-state index contributed by atoms with van der Waals surface area (Å²) in [6.07, 6.45) is 0. The molecule has 4 heteroatoms. The van der Waals surface area contributed by atoms with Crippen LogP contribution in [0.3, 0.4) is 0 Å². The minimum atomic E-state index is -0.0776. The van der Waals surface area contributed by atoms with Crippen LogP contribution in [0.1, 0.15) is 30.2 Å². The molecule has 2 aromatic heterocycles. The molecule has 1 unspecified atom stereocenters. The van der Waals surface area contributed by atoms with Crippen molar-refractivity contribution >= 4 is 11.6 Å². The molecule has 1 N–H and O–H groups in total. The number of hydrogen-bond acceptors (Lipinski definition) is 3. The molecular weight excluding hydrogens is 226 g/mol. The summed E-state index contributed by atoms with van der Waals surface area (Å²) in [5.41, 5.74) is 0. The van der Waals surface area contributed by atoms with Crippen LogP contribution in [0.4, 0.5) is 0 Å². The number of hydrogen-bond donors (Lipinski definition) is 1. The van der Waals surface area contributed by atoms with Crippen molar-refractivity contribution in [3.05, 3.63) is 46.8 Å². The van der Waals surface area contributed by atoms with Crippen molar-refractivity contribution in [2.75, 3.05) is 6.54 Å². The lowest BCUT2D eigenvalue weighted by Gasteiger charge is -2.12. The van der Waals surface area contributed by atoms with E-state index in [9.17, 15) is 0 Å². The second-order valence-corrected chi connectivity index (χ2v) is 3.95. The molecule has 16 heavy (non-hydrogen) atoms. The van der Waals surface area contributed by atoms with Crippen molar-refractivity contribution in [2.45, 2.75) is 19.9 Å². The van der Waals surface area contributed by atoms with Crippen LogP contribution in [-0.4, -0.2) is 6.54 Å². The lowest BCUT2D eigenvalue weighted by atomic mass is 10.1. The molecule has 3 nitrogen and oxygen atoms in total. The normalized spacial score (nSPS) is 12.9. The molecule has 86 valence electrons. The van der Waals surface area contributed by atoms with Gasteiger partial charge in [-0.25, -0.2) is 0 Å². The fraction of sp³-hybridized carbons (Fsp3) is 0.333. The van der Waals surface area contributed by atoms with E-state index in [1.165, 1.54) is 0 Å². The molecular formula is C12H14ClNO2. The summed E-state index contributed by atoms with van der Waals surface area (Å²) in [7, 11) is 0. The number of rotatable bonds is 4. The van der Waals surface area contributed by atoms with Crippen LogP contribution in [-0.2, 0) is 0 Å². The Balaban J connectivity index is 2.30. The molecule has 1 atom stereocenters. The van der Waals surface area contributed by atoms with Gasteiger partial charge in [-0.05, 0) is 49.3 Å². The van der Waals surface area contributed by atoms with Gasteiger partial charge in [0.05, 0.1) is 0 Å². The molecule has 0 saturated heterocycles. The third-order valence-corrected chi connectivity index (χ3v) is 2.54. The molecule has 0 radical (unpaired) electrons. The van der Waals surface area contributed by atoms with E-state index in [4.69, 9.17) is 20.4 Å². The fourth-order valence-electron chi connectivity index (χ4n) is 1.64. The van der Waals surface area contributed by atoms with Crippen molar-refractivity contribution in [1.82, 2.24) is 5.32 Å². The van der Waals surface area contributed by atoms with Crippen LogP contribution in [0.25, 0.3) is 0 Å². The van der Waals surface area contributed by atoms with Gasteiger partial charge in [0.25, 0.3) is 0 Å². The highest BCUT2D eigenvalue weighted by Crippen LogP contribution is 2.26. The van der Waals surface area contributed by atoms with Gasteiger partial charge in [-0.15, -0.1) is 0 Å². The first-order valence-electron chi connectivity index (χ1n) is 5.25. The Morgan fingerprint density at radius 3 is 2.38 bits per heavy atom. The van der Waals surface area contributed by atoms with Gasteiger partial charge >= 0.3 is 0 Å². The van der Waals surface area contributed by atoms with E-state index in [1.807, 2.05) is 32.0 Å². The lowest BCUT2D eigenvalue weighted by molar-refractivity contribution is 0.386. The third-order valence-electron chi connectivity index (χ3n) is 2.33. The standard InChI is InChI=1S/C12H14ClNO2/c1-3-14-12(9-5-4-8(2)15-9)10-6-7-11(13)16-10/h4-7,12,14H,3H2,1-2H3. The zero-order chi connectivity index (χ0) is 11.5. The topological polar surface area (TPSA) is 38.3 Å². The molecule has 0 fully saturated rings. The van der Waals surface area contributed by atoms with Crippen LogP contribution in [0.2, 0.25) is 5.22 Å². The zero-order valence-corrected chi connectivity index (χ0v) is 10.0. The van der Waals surface area contributed by atoms with Gasteiger partial charge < -0.3 is 14.2 Å². The van der Waals surface area contributed by atoms with Crippen molar-refractivity contribution < 1.29 is 8.83 Å². The molecule has 0 aromatic carbocycles. The van der Waals surface area contributed by atoms with E-state index in [2.05, 4.69) is 5.32 Å². The van der Waals surface area contributed by atoms with Gasteiger partial charge in [0.1, 0.15) is 23.3 Å². The average Bonchev–Trinajstić information content (AvgIpc) is 2.84. The molecule has 0 aliphatic carbocycles. The van der Waals surface area contributed by atoms with Gasteiger partial charge in [0.2, 0.25) is 0 Å². The van der Waals surface area contributed by atoms with Crippen LogP contribution in [0, 0.1) is 6.92 Å². The molecule has 0 saturated carbocycles. The molecule has 2 aromatic rings. The molecule has 0 aliphatic heterocycles. The van der Waals surface area contributed by atoms with E-state index in [1.54, 1.807) is 6.07 Å². The molecule has 2 heterocycles. The maximum atomic E-state index is 5.77. The number of furan rings is 2. The van der Waals surface area contributed by atoms with Gasteiger partial charge in [-0.3, -0.25) is 0 Å². The highest BCUT2D eigenvalue weighted by molar-refractivity contribution is 6.28. The zero-order valence-electron chi connectivity index (χ0n) is 9.29. The maximum Gasteiger partial charge on any atom is 0.193 e. The van der Waals surface area contributed by atoms with E-state index < -0.39 is 0 Å². The van der Waals surface area contributed by atoms with E-state index >= 15 is 0 Å². The second kappa shape index (κ2) is 4.76. The van der Waals surface area contributed by atoms with Crippen molar-refractivity contribution in [3.8, 4) is 0 Å². The predicted molar refractivity (Wildman–Crippen MR) is 62.7 cm³/mol. The highest BCUT2D eigenvalue weighted by atomic mass is 35.5. The van der Waals surface area contributed by atoms with E-state index in [-0.39, 0.29) is 6.04 Å². The Morgan fingerprint density at radius 2 is 1.88 bits per heavy atom. The first kappa shape index (κ1) is 11.3. The Labute approximate surface area is 99.4 Å². The Hall–Kier alpha value is -1.19. The van der Waals surface area contributed by atoms with Crippen molar-refractivity contribution in [2.24, 2.45) is 0 Å². The summed E-state index contributed by atoms with van der Waals surface area (Å²) in [5.74, 6) is 2.49. The van der Waals surface area contributed by atoms with Crippen molar-refractivity contribution in [1.29, 1.82) is 0 Å². The quantitative estimate of drug-likeness (QED) is 0.887. The Morgan fingerprint density at radius 1 is 1.19 bits per heavy atom. The number of aryl methyl sites for hydroxylation is 1. The molecule has 0 bridgehead atoms. The molecule has 0 aliphatic rings. The van der Waals surface area contributed by atoms with Gasteiger partial charge in [-0.1, -0.05) is 6.92 Å². The largest absolute Gasteiger partial charge is 0.464 e. The second-order valence-electron chi connectivity index (χ2n) is 3.58. The fourth-order valence-corrected chi connectivity index (χ4v) is 1.79. The van der Waals surface area contributed by atoms with Gasteiger partial charge in [0.15, 0.2) is 5.22 Å². The highest BCUT2D eigenvalue weighted by Gasteiger charge is 2.19. The molecule has 2 rings (SSSR count). The van der Waals surface area contributed by atoms with Crippen LogP contribution >= 0.6 is 11.6 Å². The summed E-state index contributed by atoms with van der Waals surface area (Å²) in [4.78, 5) is 0. The maximum absolute atomic E-state index is 5.77. The van der Waals surface area contributed by atoms with Crippen LogP contribution in [0.5, 0.6) is 0 Å². The van der Waals surface area contributed by atoms with E-state index in [0.717, 1.165) is 23.8 Å². The third kappa shape index (κ3) is 2.31. The van der Waals surface area contributed by atoms with E-state index in [0.29, 0.717) is 5.22 Å². The Bertz CT molecular complexity index is 421. The van der Waals surface area contributed by atoms with Crippen molar-refractivity contribution in [3.63, 3.8) is 0 Å². The summed E-state index contributed by atoms with van der Waals surface area (Å²) in [6, 6.07) is 7.39. The summed E-state index contributed by atoms with van der Waals surface area (Å²) in [6.45, 7) is 4.78. The summed E-state index contributed by atoms with van der Waals surface area (Å²) in [5, 5.41) is 3.69. The average molecular weight is 240 g/mol. The number of halogens is 1. The van der Waals surface area contributed by atoms with Gasteiger partial charge in [-0.2, -0.15) is 0 Å². The molecule has 0 spiro atoms. The number of nitrogens with one attached hydrogen (secondary N) is 1. The lowest BCUT2D eigenvalue weighted by Crippen LogP contribution is -2.20. The SMILES string of the molecule is CCNC(c1ccc(C)o1)c1ccc(Cl)o1. The predicted octanol–water partition coefficient (Wildman–Crippen LogP) is 3.53. The van der Waals surface area contributed by atoms with Crippen LogP contribution in [0.15, 0.2) is 33.1 Å². The first-order valence-corrected chi connectivity index (χ1v) is 5.63. The summed E-state index contributed by atoms with van der Waals surface area (Å²) < 4.78 is 11.0. The minimum absolute atomic E-state index is 0.0776. The van der Waals surface area contributed by atoms with Crippen LogP contribution < -0.4 is 5.32 Å². The smallest absolute Gasteiger partial charge is 0.193 e. The monoisotopic (exact) mass is 239 g/mol. The summed E-state index contributed by atoms with van der Waals surface area (Å²) >= 11 is 5.77. The van der Waals surface area contributed by atoms with Gasteiger partial charge in [0, 0.05) is 0 Å².